The van der Waals surface area contributed by atoms with Crippen molar-refractivity contribution in [3.8, 4) is 0 Å². The summed E-state index contributed by atoms with van der Waals surface area (Å²) in [4.78, 5) is 26.1. The van der Waals surface area contributed by atoms with Crippen LogP contribution in [0, 0.1) is 0 Å². The zero-order chi connectivity index (χ0) is 16.8. The van der Waals surface area contributed by atoms with Crippen LogP contribution < -0.4 is 5.32 Å². The Kier molecular flexibility index (Phi) is 6.50. The summed E-state index contributed by atoms with van der Waals surface area (Å²) in [5.74, 6) is 1.03. The van der Waals surface area contributed by atoms with Crippen LogP contribution in [0.1, 0.15) is 37.8 Å². The Morgan fingerprint density at radius 1 is 1.52 bits per heavy atom. The van der Waals surface area contributed by atoms with E-state index in [2.05, 4.69) is 10.4 Å². The molecule has 1 N–H and O–H groups in total. The van der Waals surface area contributed by atoms with Crippen molar-refractivity contribution in [2.45, 2.75) is 38.1 Å². The summed E-state index contributed by atoms with van der Waals surface area (Å²) in [7, 11) is 1.91. The van der Waals surface area contributed by atoms with Crippen LogP contribution >= 0.6 is 11.8 Å². The quantitative estimate of drug-likeness (QED) is 0.851. The molecular formula is C16H26N4O2S. The summed E-state index contributed by atoms with van der Waals surface area (Å²) in [6.45, 7) is 2.91. The zero-order valence-electron chi connectivity index (χ0n) is 14.1. The molecule has 0 radical (unpaired) electrons. The fraction of sp³-hybridized carbons (Fsp3) is 0.688. The lowest BCUT2D eigenvalue weighted by atomic mass is 9.94. The molecule has 0 spiro atoms. The fourth-order valence-corrected chi connectivity index (χ4v) is 3.50. The van der Waals surface area contributed by atoms with E-state index in [4.69, 9.17) is 0 Å². The summed E-state index contributed by atoms with van der Waals surface area (Å²) in [6.07, 6.45) is 6.64. The van der Waals surface area contributed by atoms with Crippen molar-refractivity contribution >= 4 is 23.6 Å². The third-order valence-electron chi connectivity index (χ3n) is 4.17. The molecular weight excluding hydrogens is 312 g/mol. The Morgan fingerprint density at radius 3 is 2.91 bits per heavy atom. The lowest BCUT2D eigenvalue weighted by Gasteiger charge is -2.34. The van der Waals surface area contributed by atoms with E-state index >= 15 is 0 Å². The number of aryl methyl sites for hydroxylation is 1. The van der Waals surface area contributed by atoms with Crippen LogP contribution in [-0.2, 0) is 16.6 Å². The maximum atomic E-state index is 12.8. The molecule has 0 bridgehead atoms. The Morgan fingerprint density at radius 2 is 2.30 bits per heavy atom. The molecule has 0 saturated carbocycles. The molecule has 2 atom stereocenters. The third kappa shape index (κ3) is 4.99. The number of amides is 2. The Labute approximate surface area is 142 Å². The van der Waals surface area contributed by atoms with Crippen molar-refractivity contribution < 1.29 is 9.59 Å². The number of rotatable bonds is 6. The molecule has 6 nitrogen and oxygen atoms in total. The van der Waals surface area contributed by atoms with Gasteiger partial charge >= 0.3 is 0 Å². The molecule has 1 aliphatic heterocycles. The topological polar surface area (TPSA) is 67.2 Å². The van der Waals surface area contributed by atoms with Crippen LogP contribution in [0.2, 0.25) is 0 Å². The van der Waals surface area contributed by atoms with Crippen molar-refractivity contribution in [3.63, 3.8) is 0 Å². The molecule has 23 heavy (non-hydrogen) atoms. The Bertz CT molecular complexity index is 546. The molecule has 2 heterocycles. The summed E-state index contributed by atoms with van der Waals surface area (Å²) in [5, 5.41) is 7.28. The summed E-state index contributed by atoms with van der Waals surface area (Å²) >= 11 is 1.69. The molecule has 1 saturated heterocycles. The number of likely N-dealkylation sites (tertiary alicyclic amines) is 1. The molecule has 2 amide bonds. The average molecular weight is 338 g/mol. The molecule has 7 heteroatoms. The number of carbonyl (C=O) groups excluding carboxylic acids is 2. The monoisotopic (exact) mass is 338 g/mol. The van der Waals surface area contributed by atoms with Crippen LogP contribution in [0.5, 0.6) is 0 Å². The van der Waals surface area contributed by atoms with Gasteiger partial charge in [-0.2, -0.15) is 16.9 Å². The predicted molar refractivity (Wildman–Crippen MR) is 92.4 cm³/mol. The molecule has 1 fully saturated rings. The van der Waals surface area contributed by atoms with Crippen molar-refractivity contribution in [3.05, 3.63) is 18.0 Å². The molecule has 128 valence electrons. The molecule has 1 aliphatic rings. The second-order valence-electron chi connectivity index (χ2n) is 6.07. The summed E-state index contributed by atoms with van der Waals surface area (Å²) < 4.78 is 1.80. The molecule has 0 aliphatic carbocycles. The summed E-state index contributed by atoms with van der Waals surface area (Å²) in [5.41, 5.74) is 1.05. The Hall–Kier alpha value is -1.50. The first-order chi connectivity index (χ1) is 11.0. The highest BCUT2D eigenvalue weighted by molar-refractivity contribution is 7.98. The van der Waals surface area contributed by atoms with E-state index < -0.39 is 6.04 Å². The first kappa shape index (κ1) is 17.8. The van der Waals surface area contributed by atoms with E-state index in [0.717, 1.165) is 30.8 Å². The predicted octanol–water partition coefficient (Wildman–Crippen LogP) is 1.38. The van der Waals surface area contributed by atoms with Gasteiger partial charge in [0, 0.05) is 39.2 Å². The van der Waals surface area contributed by atoms with E-state index in [0.29, 0.717) is 13.0 Å². The number of hydrogen-bond acceptors (Lipinski definition) is 4. The number of nitrogens with one attached hydrogen (secondary N) is 1. The molecule has 1 aromatic rings. The van der Waals surface area contributed by atoms with Crippen molar-refractivity contribution in [2.75, 3.05) is 25.1 Å². The van der Waals surface area contributed by atoms with E-state index in [9.17, 15) is 9.59 Å². The Balaban J connectivity index is 2.02. The normalized spacial score (nSPS) is 19.4. The number of piperidine rings is 1. The number of carbonyl (C=O) groups is 2. The highest BCUT2D eigenvalue weighted by Crippen LogP contribution is 2.26. The van der Waals surface area contributed by atoms with Gasteiger partial charge in [-0.25, -0.2) is 0 Å². The van der Waals surface area contributed by atoms with Gasteiger partial charge in [-0.05, 0) is 37.3 Å². The van der Waals surface area contributed by atoms with Gasteiger partial charge in [0.15, 0.2) is 0 Å². The molecule has 1 aromatic heterocycles. The van der Waals surface area contributed by atoms with Gasteiger partial charge in [0.2, 0.25) is 11.8 Å². The van der Waals surface area contributed by atoms with Crippen LogP contribution in [0.3, 0.4) is 0 Å². The van der Waals surface area contributed by atoms with Gasteiger partial charge in [0.05, 0.1) is 5.69 Å². The van der Waals surface area contributed by atoms with Gasteiger partial charge in [0.25, 0.3) is 0 Å². The second kappa shape index (κ2) is 8.38. The minimum absolute atomic E-state index is 0.0369. The first-order valence-corrected chi connectivity index (χ1v) is 9.45. The maximum Gasteiger partial charge on any atom is 0.245 e. The van der Waals surface area contributed by atoms with Gasteiger partial charge in [-0.1, -0.05) is 0 Å². The minimum Gasteiger partial charge on any atom is -0.345 e. The van der Waals surface area contributed by atoms with Crippen molar-refractivity contribution in [1.82, 2.24) is 20.0 Å². The van der Waals surface area contributed by atoms with Crippen LogP contribution in [-0.4, -0.2) is 57.6 Å². The van der Waals surface area contributed by atoms with E-state index in [1.165, 1.54) is 6.92 Å². The highest BCUT2D eigenvalue weighted by Gasteiger charge is 2.30. The number of aromatic nitrogens is 2. The summed E-state index contributed by atoms with van der Waals surface area (Å²) in [6, 6.07) is 1.61. The lowest BCUT2D eigenvalue weighted by Crippen LogP contribution is -2.50. The number of thioether (sulfide) groups is 1. The van der Waals surface area contributed by atoms with Crippen molar-refractivity contribution in [1.29, 1.82) is 0 Å². The maximum absolute atomic E-state index is 12.8. The van der Waals surface area contributed by atoms with E-state index in [1.54, 1.807) is 16.4 Å². The van der Waals surface area contributed by atoms with Crippen molar-refractivity contribution in [2.24, 2.45) is 7.05 Å². The van der Waals surface area contributed by atoms with Crippen LogP contribution in [0.4, 0.5) is 0 Å². The third-order valence-corrected chi connectivity index (χ3v) is 4.82. The second-order valence-corrected chi connectivity index (χ2v) is 7.06. The standard InChI is InChI=1S/C16H26N4O2S/c1-12(21)17-15(7-10-23-3)16(22)20-8-4-5-13(11-20)14-6-9-19(2)18-14/h6,9,13,15H,4-5,7-8,10-11H2,1-3H3,(H,17,21)/t13-,15-/m0/s1. The highest BCUT2D eigenvalue weighted by atomic mass is 32.2. The average Bonchev–Trinajstić information content (AvgIpc) is 2.97. The smallest absolute Gasteiger partial charge is 0.245 e. The van der Waals surface area contributed by atoms with Gasteiger partial charge in [-0.3, -0.25) is 14.3 Å². The van der Waals surface area contributed by atoms with Gasteiger partial charge in [0.1, 0.15) is 6.04 Å². The minimum atomic E-state index is -0.414. The number of hydrogen-bond donors (Lipinski definition) is 1. The first-order valence-electron chi connectivity index (χ1n) is 8.05. The zero-order valence-corrected chi connectivity index (χ0v) is 14.9. The fourth-order valence-electron chi connectivity index (χ4n) is 3.03. The van der Waals surface area contributed by atoms with E-state index in [-0.39, 0.29) is 17.7 Å². The van der Waals surface area contributed by atoms with Crippen LogP contribution in [0.25, 0.3) is 0 Å². The van der Waals surface area contributed by atoms with Gasteiger partial charge < -0.3 is 10.2 Å². The number of nitrogens with zero attached hydrogens (tertiary/aromatic N) is 3. The molecule has 2 rings (SSSR count). The molecule has 0 unspecified atom stereocenters. The van der Waals surface area contributed by atoms with Gasteiger partial charge in [-0.15, -0.1) is 0 Å². The molecule has 0 aromatic carbocycles. The van der Waals surface area contributed by atoms with Crippen LogP contribution in [0.15, 0.2) is 12.3 Å². The SMILES string of the molecule is CSCC[C@H](NC(C)=O)C(=O)N1CCC[C@H](c2ccn(C)n2)C1. The lowest BCUT2D eigenvalue weighted by molar-refractivity contribution is -0.137. The van der Waals surface area contributed by atoms with E-state index in [1.807, 2.05) is 30.5 Å². The largest absolute Gasteiger partial charge is 0.345 e.